The largest absolute Gasteiger partial charge is 0.550 e. The summed E-state index contributed by atoms with van der Waals surface area (Å²) in [5.74, 6) is -0.541. The minimum atomic E-state index is -1.27. The molecule has 0 saturated carbocycles. The van der Waals surface area contributed by atoms with E-state index in [-0.39, 0.29) is 13.0 Å². The molecule has 0 bridgehead atoms. The highest BCUT2D eigenvalue weighted by Crippen LogP contribution is 2.20. The van der Waals surface area contributed by atoms with Crippen LogP contribution >= 0.6 is 11.6 Å². The van der Waals surface area contributed by atoms with Gasteiger partial charge in [0.05, 0.1) is 13.2 Å². The first-order chi connectivity index (χ1) is 12.0. The van der Waals surface area contributed by atoms with Crippen LogP contribution in [0, 0.1) is 0 Å². The van der Waals surface area contributed by atoms with Crippen LogP contribution in [0.2, 0.25) is 5.02 Å². The SMILES string of the molecule is COc1ccc(OCC(=O)N[C@@H](CC(=O)[O-])c2ccc(Cl)cc2)cc1. The number of amides is 1. The van der Waals surface area contributed by atoms with Crippen molar-refractivity contribution in [2.75, 3.05) is 13.7 Å². The number of carbonyl (C=O) groups excluding carboxylic acids is 2. The van der Waals surface area contributed by atoms with Crippen LogP contribution in [0.25, 0.3) is 0 Å². The lowest BCUT2D eigenvalue weighted by molar-refractivity contribution is -0.306. The Hall–Kier alpha value is -2.73. The van der Waals surface area contributed by atoms with Crippen molar-refractivity contribution in [3.05, 3.63) is 59.1 Å². The molecule has 1 amide bonds. The van der Waals surface area contributed by atoms with E-state index in [1.165, 1.54) is 0 Å². The van der Waals surface area contributed by atoms with E-state index in [4.69, 9.17) is 21.1 Å². The van der Waals surface area contributed by atoms with Crippen molar-refractivity contribution in [2.45, 2.75) is 12.5 Å². The number of carboxylic acid groups (broad SMARTS) is 1. The van der Waals surface area contributed by atoms with Gasteiger partial charge in [0.15, 0.2) is 6.61 Å². The monoisotopic (exact) mass is 362 g/mol. The molecule has 0 radical (unpaired) electrons. The molecule has 2 aromatic carbocycles. The average molecular weight is 363 g/mol. The Kier molecular flexibility index (Phi) is 6.65. The highest BCUT2D eigenvalue weighted by Gasteiger charge is 2.15. The maximum absolute atomic E-state index is 12.1. The number of carboxylic acids is 1. The minimum absolute atomic E-state index is 0.247. The van der Waals surface area contributed by atoms with Crippen LogP contribution in [0.1, 0.15) is 18.0 Å². The number of rotatable bonds is 8. The van der Waals surface area contributed by atoms with Gasteiger partial charge in [-0.3, -0.25) is 4.79 Å². The lowest BCUT2D eigenvalue weighted by Gasteiger charge is -2.20. The minimum Gasteiger partial charge on any atom is -0.550 e. The number of nitrogens with one attached hydrogen (secondary N) is 1. The van der Waals surface area contributed by atoms with Gasteiger partial charge in [0.25, 0.3) is 5.91 Å². The Morgan fingerprint density at radius 1 is 1.08 bits per heavy atom. The molecule has 0 spiro atoms. The molecule has 2 aromatic rings. The van der Waals surface area contributed by atoms with Gasteiger partial charge in [-0.2, -0.15) is 0 Å². The zero-order valence-electron chi connectivity index (χ0n) is 13.5. The fraction of sp³-hybridized carbons (Fsp3) is 0.222. The lowest BCUT2D eigenvalue weighted by Crippen LogP contribution is -2.36. The molecule has 0 fully saturated rings. The number of hydrogen-bond donors (Lipinski definition) is 1. The van der Waals surface area contributed by atoms with Crippen molar-refractivity contribution in [1.82, 2.24) is 5.32 Å². The second-order valence-corrected chi connectivity index (χ2v) is 5.65. The maximum atomic E-state index is 12.1. The van der Waals surface area contributed by atoms with Gasteiger partial charge in [0.2, 0.25) is 0 Å². The molecule has 0 saturated heterocycles. The van der Waals surface area contributed by atoms with E-state index in [0.717, 1.165) is 0 Å². The number of halogens is 1. The Balaban J connectivity index is 1.96. The molecule has 0 aliphatic heterocycles. The molecule has 0 heterocycles. The van der Waals surface area contributed by atoms with Crippen LogP contribution in [0.3, 0.4) is 0 Å². The maximum Gasteiger partial charge on any atom is 0.258 e. The van der Waals surface area contributed by atoms with Gasteiger partial charge < -0.3 is 24.7 Å². The molecule has 132 valence electrons. The summed E-state index contributed by atoms with van der Waals surface area (Å²) in [6, 6.07) is 12.6. The molecule has 2 rings (SSSR count). The first-order valence-electron chi connectivity index (χ1n) is 7.49. The number of ether oxygens (including phenoxy) is 2. The van der Waals surface area contributed by atoms with Crippen LogP contribution in [0.15, 0.2) is 48.5 Å². The number of benzene rings is 2. The molecule has 1 N–H and O–H groups in total. The van der Waals surface area contributed by atoms with E-state index in [1.54, 1.807) is 55.6 Å². The van der Waals surface area contributed by atoms with Gasteiger partial charge >= 0.3 is 0 Å². The molecule has 0 aromatic heterocycles. The summed E-state index contributed by atoms with van der Waals surface area (Å²) in [4.78, 5) is 23.0. The predicted molar refractivity (Wildman–Crippen MR) is 90.4 cm³/mol. The van der Waals surface area contributed by atoms with Gasteiger partial charge in [-0.25, -0.2) is 0 Å². The molecule has 1 atom stereocenters. The molecule has 0 aliphatic rings. The standard InChI is InChI=1S/C18H18ClNO5/c1-24-14-6-8-15(9-7-14)25-11-17(21)20-16(10-18(22)23)12-2-4-13(19)5-3-12/h2-9,16H,10-11H2,1H3,(H,20,21)(H,22,23)/p-1/t16-/m0/s1. The van der Waals surface area contributed by atoms with Crippen molar-refractivity contribution in [3.8, 4) is 11.5 Å². The van der Waals surface area contributed by atoms with Crippen LogP contribution in [-0.2, 0) is 9.59 Å². The Morgan fingerprint density at radius 3 is 2.24 bits per heavy atom. The van der Waals surface area contributed by atoms with Gasteiger partial charge in [-0.1, -0.05) is 23.7 Å². The highest BCUT2D eigenvalue weighted by atomic mass is 35.5. The van der Waals surface area contributed by atoms with Crippen LogP contribution in [0.5, 0.6) is 11.5 Å². The zero-order chi connectivity index (χ0) is 18.2. The van der Waals surface area contributed by atoms with Crippen molar-refractivity contribution in [2.24, 2.45) is 0 Å². The van der Waals surface area contributed by atoms with Gasteiger partial charge in [0, 0.05) is 17.4 Å². The number of carbonyl (C=O) groups is 2. The first-order valence-corrected chi connectivity index (χ1v) is 7.87. The summed E-state index contributed by atoms with van der Waals surface area (Å²) in [5.41, 5.74) is 0.617. The summed E-state index contributed by atoms with van der Waals surface area (Å²) < 4.78 is 10.4. The summed E-state index contributed by atoms with van der Waals surface area (Å²) in [6.45, 7) is -0.247. The molecule has 7 heteroatoms. The molecule has 0 aliphatic carbocycles. The van der Waals surface area contributed by atoms with Crippen molar-refractivity contribution in [1.29, 1.82) is 0 Å². The number of hydrogen-bond acceptors (Lipinski definition) is 5. The van der Waals surface area contributed by atoms with E-state index in [1.807, 2.05) is 0 Å². The molecule has 6 nitrogen and oxygen atoms in total. The quantitative estimate of drug-likeness (QED) is 0.772. The van der Waals surface area contributed by atoms with Crippen LogP contribution < -0.4 is 19.9 Å². The van der Waals surface area contributed by atoms with Crippen molar-refractivity contribution >= 4 is 23.5 Å². The molecular weight excluding hydrogens is 346 g/mol. The van der Waals surface area contributed by atoms with Crippen LogP contribution in [0.4, 0.5) is 0 Å². The van der Waals surface area contributed by atoms with Crippen molar-refractivity contribution < 1.29 is 24.2 Å². The van der Waals surface area contributed by atoms with Crippen molar-refractivity contribution in [3.63, 3.8) is 0 Å². The average Bonchev–Trinajstić information content (AvgIpc) is 2.60. The number of methoxy groups -OCH3 is 1. The van der Waals surface area contributed by atoms with E-state index in [0.29, 0.717) is 22.1 Å². The number of aliphatic carboxylic acids is 1. The third-order valence-corrected chi connectivity index (χ3v) is 3.66. The lowest BCUT2D eigenvalue weighted by atomic mass is 10.0. The molecule has 0 unspecified atom stereocenters. The van der Waals surface area contributed by atoms with E-state index in [9.17, 15) is 14.7 Å². The smallest absolute Gasteiger partial charge is 0.258 e. The second-order valence-electron chi connectivity index (χ2n) is 5.21. The zero-order valence-corrected chi connectivity index (χ0v) is 14.3. The highest BCUT2D eigenvalue weighted by molar-refractivity contribution is 6.30. The normalized spacial score (nSPS) is 11.4. The summed E-state index contributed by atoms with van der Waals surface area (Å²) in [6.07, 6.45) is -0.351. The summed E-state index contributed by atoms with van der Waals surface area (Å²) >= 11 is 5.82. The molecule has 25 heavy (non-hydrogen) atoms. The fourth-order valence-corrected chi connectivity index (χ4v) is 2.30. The van der Waals surface area contributed by atoms with Gasteiger partial charge in [0.1, 0.15) is 11.5 Å². The molecular formula is C18H17ClNO5-. The Labute approximate surface area is 150 Å². The Morgan fingerprint density at radius 2 is 1.68 bits per heavy atom. The topological polar surface area (TPSA) is 87.7 Å². The Bertz CT molecular complexity index is 715. The summed E-state index contributed by atoms with van der Waals surface area (Å²) in [5, 5.41) is 14.1. The second kappa shape index (κ2) is 8.94. The third-order valence-electron chi connectivity index (χ3n) is 3.41. The first kappa shape index (κ1) is 18.6. The summed E-state index contributed by atoms with van der Waals surface area (Å²) in [7, 11) is 1.55. The van der Waals surface area contributed by atoms with Crippen LogP contribution in [-0.4, -0.2) is 25.6 Å². The third kappa shape index (κ3) is 6.00. The fourth-order valence-electron chi connectivity index (χ4n) is 2.17. The van der Waals surface area contributed by atoms with E-state index >= 15 is 0 Å². The van der Waals surface area contributed by atoms with Gasteiger partial charge in [-0.05, 0) is 42.0 Å². The van der Waals surface area contributed by atoms with E-state index in [2.05, 4.69) is 5.32 Å². The van der Waals surface area contributed by atoms with E-state index < -0.39 is 17.9 Å². The van der Waals surface area contributed by atoms with Gasteiger partial charge in [-0.15, -0.1) is 0 Å². The predicted octanol–water partition coefficient (Wildman–Crippen LogP) is 1.72.